The predicted octanol–water partition coefficient (Wildman–Crippen LogP) is 5.93. The largest absolute Gasteiger partial charge is 0.353 e. The maximum absolute atomic E-state index is 14.4. The first-order chi connectivity index (χ1) is 14.2. The molecule has 1 aliphatic heterocycles. The highest BCUT2D eigenvalue weighted by Crippen LogP contribution is 2.62. The fourth-order valence-electron chi connectivity index (χ4n) is 5.27. The van der Waals surface area contributed by atoms with Crippen molar-refractivity contribution in [3.05, 3.63) is 65.9 Å². The summed E-state index contributed by atoms with van der Waals surface area (Å²) in [6.07, 6.45) is 5.95. The van der Waals surface area contributed by atoms with Crippen LogP contribution in [-0.4, -0.2) is 11.9 Å². The molecule has 30 heavy (non-hydrogen) atoms. The van der Waals surface area contributed by atoms with Crippen LogP contribution >= 0.6 is 0 Å². The Morgan fingerprint density at radius 3 is 2.40 bits per heavy atom. The van der Waals surface area contributed by atoms with Gasteiger partial charge in [0.25, 0.3) is 0 Å². The molecule has 2 fully saturated rings. The topological polar surface area (TPSA) is 53.8 Å². The number of halogens is 2. The fraction of sp³-hybridized carbons (Fsp3) is 0.458. The van der Waals surface area contributed by atoms with Gasteiger partial charge in [0.15, 0.2) is 0 Å². The first-order valence-corrected chi connectivity index (χ1v) is 10.5. The second-order valence-corrected chi connectivity index (χ2v) is 9.17. The molecule has 0 saturated heterocycles. The number of hydrogen-bond donors (Lipinski definition) is 1. The van der Waals surface area contributed by atoms with Crippen molar-refractivity contribution >= 4 is 11.6 Å². The lowest BCUT2D eigenvalue weighted by molar-refractivity contribution is -0.135. The van der Waals surface area contributed by atoms with Crippen molar-refractivity contribution in [3.8, 4) is 0 Å². The molecule has 0 spiro atoms. The van der Waals surface area contributed by atoms with Gasteiger partial charge in [-0.3, -0.25) is 4.79 Å². The SMILES string of the molecule is C=C1/C=C(c2c(F)cccc2F)\N=N/C(=C)[C@]2(C(=O)NC3CCC3)CCC1C2(C)C. The average molecular weight is 411 g/mol. The van der Waals surface area contributed by atoms with Crippen LogP contribution in [0.4, 0.5) is 8.78 Å². The predicted molar refractivity (Wildman–Crippen MR) is 112 cm³/mol. The lowest BCUT2D eigenvalue weighted by Crippen LogP contribution is -2.53. The van der Waals surface area contributed by atoms with Gasteiger partial charge in [-0.1, -0.05) is 33.1 Å². The van der Waals surface area contributed by atoms with Gasteiger partial charge >= 0.3 is 0 Å². The smallest absolute Gasteiger partial charge is 0.233 e. The van der Waals surface area contributed by atoms with Crippen molar-refractivity contribution in [2.75, 3.05) is 0 Å². The van der Waals surface area contributed by atoms with Gasteiger partial charge in [-0.25, -0.2) is 8.78 Å². The van der Waals surface area contributed by atoms with Crippen molar-refractivity contribution in [2.45, 2.75) is 52.0 Å². The maximum Gasteiger partial charge on any atom is 0.233 e. The first kappa shape index (κ1) is 20.6. The summed E-state index contributed by atoms with van der Waals surface area (Å²) in [5.74, 6) is -1.61. The van der Waals surface area contributed by atoms with Crippen molar-refractivity contribution in [2.24, 2.45) is 27.0 Å². The van der Waals surface area contributed by atoms with Crippen LogP contribution in [0, 0.1) is 28.4 Å². The van der Waals surface area contributed by atoms with E-state index in [2.05, 4.69) is 28.7 Å². The zero-order valence-electron chi connectivity index (χ0n) is 17.5. The lowest BCUT2D eigenvalue weighted by atomic mass is 9.61. The Kier molecular flexibility index (Phi) is 4.99. The van der Waals surface area contributed by atoms with Crippen LogP contribution in [0.5, 0.6) is 0 Å². The Bertz CT molecular complexity index is 970. The first-order valence-electron chi connectivity index (χ1n) is 10.5. The molecular formula is C24H27F2N3O. The van der Waals surface area contributed by atoms with Gasteiger partial charge in [0.05, 0.1) is 22.4 Å². The Morgan fingerprint density at radius 2 is 1.80 bits per heavy atom. The number of rotatable bonds is 3. The molecule has 1 aromatic carbocycles. The summed E-state index contributed by atoms with van der Waals surface area (Å²) in [7, 11) is 0. The summed E-state index contributed by atoms with van der Waals surface area (Å²) >= 11 is 0. The summed E-state index contributed by atoms with van der Waals surface area (Å²) in [4.78, 5) is 13.5. The lowest BCUT2D eigenvalue weighted by Gasteiger charge is -2.44. The Labute approximate surface area is 175 Å². The summed E-state index contributed by atoms with van der Waals surface area (Å²) < 4.78 is 28.9. The van der Waals surface area contributed by atoms with Crippen molar-refractivity contribution in [1.82, 2.24) is 5.32 Å². The van der Waals surface area contributed by atoms with Gasteiger partial charge in [-0.2, -0.15) is 10.2 Å². The monoisotopic (exact) mass is 411 g/mol. The van der Waals surface area contributed by atoms with E-state index in [0.717, 1.165) is 19.3 Å². The molecule has 4 rings (SSSR count). The van der Waals surface area contributed by atoms with Crippen LogP contribution in [0.25, 0.3) is 5.70 Å². The van der Waals surface area contributed by atoms with E-state index in [1.807, 2.05) is 13.8 Å². The number of carbonyl (C=O) groups excluding carboxylic acids is 1. The Morgan fingerprint density at radius 1 is 1.13 bits per heavy atom. The average Bonchev–Trinajstić information content (AvgIpc) is 2.94. The van der Waals surface area contributed by atoms with Gasteiger partial charge in [-0.15, -0.1) is 0 Å². The number of hydrogen-bond acceptors (Lipinski definition) is 3. The molecule has 2 atom stereocenters. The van der Waals surface area contributed by atoms with E-state index < -0.39 is 22.5 Å². The third kappa shape index (κ3) is 2.96. The van der Waals surface area contributed by atoms with Crippen LogP contribution < -0.4 is 5.32 Å². The number of nitrogens with one attached hydrogen (secondary N) is 1. The summed E-state index contributed by atoms with van der Waals surface area (Å²) in [6.45, 7) is 12.3. The third-order valence-corrected chi connectivity index (χ3v) is 7.37. The molecule has 1 N–H and O–H groups in total. The van der Waals surface area contributed by atoms with E-state index in [9.17, 15) is 13.6 Å². The molecule has 6 heteroatoms. The number of benzene rings is 1. The van der Waals surface area contributed by atoms with Crippen LogP contribution in [0.2, 0.25) is 0 Å². The summed E-state index contributed by atoms with van der Waals surface area (Å²) in [5, 5.41) is 11.6. The zero-order valence-corrected chi connectivity index (χ0v) is 17.5. The highest BCUT2D eigenvalue weighted by atomic mass is 19.1. The normalized spacial score (nSPS) is 31.1. The van der Waals surface area contributed by atoms with Gasteiger partial charge < -0.3 is 5.32 Å². The molecule has 0 radical (unpaired) electrons. The highest BCUT2D eigenvalue weighted by Gasteiger charge is 2.61. The van der Waals surface area contributed by atoms with Crippen LogP contribution in [-0.2, 0) is 4.79 Å². The summed E-state index contributed by atoms with van der Waals surface area (Å²) in [6, 6.07) is 3.86. The standard InChI is InChI=1S/C24H27F2N3O/c1-14-13-20(21-18(25)9-6-10-19(21)26)29-28-15(2)24(12-11-17(14)23(24,3)4)22(30)27-16-7-5-8-16/h6,9-10,13,16-17H,1-2,5,7-8,11-12H2,3-4H3,(H,27,30)/b20-13-,29-28-/t17?,24-/m0/s1. The van der Waals surface area contributed by atoms with Crippen LogP contribution in [0.3, 0.4) is 0 Å². The number of allylic oxidation sites excluding steroid dienone is 2. The summed E-state index contributed by atoms with van der Waals surface area (Å²) in [5.41, 5.74) is -0.674. The molecule has 1 unspecified atom stereocenters. The van der Waals surface area contributed by atoms with E-state index in [1.165, 1.54) is 18.2 Å². The maximum atomic E-state index is 14.4. The molecule has 158 valence electrons. The molecular weight excluding hydrogens is 384 g/mol. The minimum absolute atomic E-state index is 0.0506. The van der Waals surface area contributed by atoms with Crippen molar-refractivity contribution < 1.29 is 13.6 Å². The van der Waals surface area contributed by atoms with Crippen molar-refractivity contribution in [1.29, 1.82) is 0 Å². The molecule has 3 aliphatic rings. The number of nitrogens with zero attached hydrogens (tertiary/aromatic N) is 2. The van der Waals surface area contributed by atoms with Gasteiger partial charge in [0, 0.05) is 6.04 Å². The number of fused-ring (bicyclic) bond motifs is 2. The molecule has 2 bridgehead atoms. The van der Waals surface area contributed by atoms with E-state index in [-0.39, 0.29) is 29.1 Å². The fourth-order valence-corrected chi connectivity index (χ4v) is 5.27. The molecule has 4 nitrogen and oxygen atoms in total. The molecule has 2 saturated carbocycles. The van der Waals surface area contributed by atoms with Crippen molar-refractivity contribution in [3.63, 3.8) is 0 Å². The van der Waals surface area contributed by atoms with E-state index in [0.29, 0.717) is 24.1 Å². The minimum atomic E-state index is -0.948. The van der Waals surface area contributed by atoms with Crippen LogP contribution in [0.1, 0.15) is 51.5 Å². The number of azo groups is 1. The Balaban J connectivity index is 1.81. The van der Waals surface area contributed by atoms with E-state index >= 15 is 0 Å². The quantitative estimate of drug-likeness (QED) is 0.658. The number of carbonyl (C=O) groups is 1. The number of amides is 1. The van der Waals surface area contributed by atoms with Gasteiger partial charge in [-0.05, 0) is 67.2 Å². The molecule has 0 aromatic heterocycles. The third-order valence-electron chi connectivity index (χ3n) is 7.37. The van der Waals surface area contributed by atoms with Gasteiger partial charge in [0.1, 0.15) is 11.6 Å². The zero-order chi connectivity index (χ0) is 21.7. The van der Waals surface area contributed by atoms with E-state index in [1.54, 1.807) is 6.08 Å². The Hall–Kier alpha value is -2.63. The molecule has 1 amide bonds. The second-order valence-electron chi connectivity index (χ2n) is 9.17. The molecule has 1 heterocycles. The van der Waals surface area contributed by atoms with Gasteiger partial charge in [0.2, 0.25) is 5.91 Å². The molecule has 1 aromatic rings. The van der Waals surface area contributed by atoms with Crippen LogP contribution in [0.15, 0.2) is 58.9 Å². The minimum Gasteiger partial charge on any atom is -0.353 e. The van der Waals surface area contributed by atoms with E-state index in [4.69, 9.17) is 0 Å². The highest BCUT2D eigenvalue weighted by molar-refractivity contribution is 5.88. The second kappa shape index (κ2) is 7.25. The molecule has 2 aliphatic carbocycles.